The fourth-order valence-corrected chi connectivity index (χ4v) is 2.67. The molecule has 0 saturated heterocycles. The second kappa shape index (κ2) is 6.25. The van der Waals surface area contributed by atoms with Gasteiger partial charge >= 0.3 is 0 Å². The lowest BCUT2D eigenvalue weighted by Crippen LogP contribution is -2.43. The molecule has 1 aliphatic rings. The van der Waals surface area contributed by atoms with Gasteiger partial charge in [0.15, 0.2) is 0 Å². The largest absolute Gasteiger partial charge is 0.356 e. The van der Waals surface area contributed by atoms with Gasteiger partial charge in [0.25, 0.3) is 0 Å². The summed E-state index contributed by atoms with van der Waals surface area (Å²) in [6, 6.07) is 0.498. The predicted octanol–water partition coefficient (Wildman–Crippen LogP) is 3.10. The van der Waals surface area contributed by atoms with Crippen LogP contribution in [0.15, 0.2) is 0 Å². The van der Waals surface area contributed by atoms with Crippen LogP contribution in [0.1, 0.15) is 67.2 Å². The van der Waals surface area contributed by atoms with Crippen LogP contribution in [0, 0.1) is 11.3 Å². The van der Waals surface area contributed by atoms with E-state index in [-0.39, 0.29) is 17.4 Å². The van der Waals surface area contributed by atoms with Crippen LogP contribution in [0.3, 0.4) is 0 Å². The third-order valence-corrected chi connectivity index (χ3v) is 3.61. The van der Waals surface area contributed by atoms with Crippen LogP contribution in [0.2, 0.25) is 0 Å². The minimum absolute atomic E-state index is 0.141. The Morgan fingerprint density at radius 2 is 1.74 bits per heavy atom. The molecule has 0 aromatic carbocycles. The maximum atomic E-state index is 12.1. The zero-order chi connectivity index (χ0) is 14.7. The Kier molecular flexibility index (Phi) is 5.43. The minimum Gasteiger partial charge on any atom is -0.356 e. The van der Waals surface area contributed by atoms with Crippen LogP contribution in [-0.2, 0) is 4.79 Å². The molecule has 1 saturated carbocycles. The average molecular weight is 268 g/mol. The Labute approximate surface area is 118 Å². The Hall–Kier alpha value is -0.570. The average Bonchev–Trinajstić information content (AvgIpc) is 2.61. The van der Waals surface area contributed by atoms with Gasteiger partial charge in [-0.2, -0.15) is 0 Å². The highest BCUT2D eigenvalue weighted by Gasteiger charge is 2.31. The van der Waals surface area contributed by atoms with E-state index in [2.05, 4.69) is 52.2 Å². The third-order valence-electron chi connectivity index (χ3n) is 3.61. The van der Waals surface area contributed by atoms with Crippen LogP contribution in [0.4, 0.5) is 0 Å². The minimum atomic E-state index is 0.141. The van der Waals surface area contributed by atoms with Crippen LogP contribution in [-0.4, -0.2) is 24.0 Å². The van der Waals surface area contributed by atoms with Gasteiger partial charge in [0.05, 0.1) is 0 Å². The van der Waals surface area contributed by atoms with Crippen molar-refractivity contribution in [3.8, 4) is 0 Å². The Bertz CT molecular complexity index is 299. The highest BCUT2D eigenvalue weighted by Crippen LogP contribution is 2.27. The van der Waals surface area contributed by atoms with Gasteiger partial charge < -0.3 is 10.6 Å². The molecule has 2 atom stereocenters. The predicted molar refractivity (Wildman–Crippen MR) is 81.1 cm³/mol. The van der Waals surface area contributed by atoms with E-state index in [0.717, 1.165) is 32.2 Å². The zero-order valence-corrected chi connectivity index (χ0v) is 13.6. The number of amides is 1. The van der Waals surface area contributed by atoms with Crippen molar-refractivity contribution in [2.45, 2.75) is 78.8 Å². The normalized spacial score (nSPS) is 24.5. The number of nitrogens with one attached hydrogen (secondary N) is 2. The fraction of sp³-hybridized carbons (Fsp3) is 0.938. The standard InChI is InChI=1S/C16H32N2O/c1-15(2,3)9-10-17-14(19)12-7-8-13(11-12)18-16(4,5)6/h12-13,18H,7-11H2,1-6H3,(H,17,19)/t12-,13+/m1/s1. The molecule has 0 radical (unpaired) electrons. The number of rotatable bonds is 4. The van der Waals surface area contributed by atoms with Crippen molar-refractivity contribution in [3.05, 3.63) is 0 Å². The van der Waals surface area contributed by atoms with Gasteiger partial charge in [-0.15, -0.1) is 0 Å². The SMILES string of the molecule is CC(C)(C)CCNC(=O)[C@@H]1CC[C@H](NC(C)(C)C)C1. The van der Waals surface area contributed by atoms with E-state index in [4.69, 9.17) is 0 Å². The summed E-state index contributed by atoms with van der Waals surface area (Å²) in [6.45, 7) is 14.0. The second-order valence-electron chi connectivity index (χ2n) is 8.20. The first-order chi connectivity index (χ1) is 8.57. The molecule has 19 heavy (non-hydrogen) atoms. The molecule has 112 valence electrons. The summed E-state index contributed by atoms with van der Waals surface area (Å²) < 4.78 is 0. The van der Waals surface area contributed by atoms with Crippen molar-refractivity contribution in [1.82, 2.24) is 10.6 Å². The van der Waals surface area contributed by atoms with Gasteiger partial charge in [0.1, 0.15) is 0 Å². The molecule has 0 heterocycles. The lowest BCUT2D eigenvalue weighted by atomic mass is 9.92. The first-order valence-electron chi connectivity index (χ1n) is 7.62. The molecule has 0 aliphatic heterocycles. The first-order valence-corrected chi connectivity index (χ1v) is 7.62. The van der Waals surface area contributed by atoms with E-state index in [9.17, 15) is 4.79 Å². The van der Waals surface area contributed by atoms with Crippen molar-refractivity contribution in [1.29, 1.82) is 0 Å². The number of carbonyl (C=O) groups is 1. The summed E-state index contributed by atoms with van der Waals surface area (Å²) in [5.41, 5.74) is 0.432. The third kappa shape index (κ3) is 6.95. The van der Waals surface area contributed by atoms with Gasteiger partial charge in [-0.05, 0) is 51.9 Å². The van der Waals surface area contributed by atoms with Gasteiger partial charge in [-0.1, -0.05) is 20.8 Å². The molecule has 3 heteroatoms. The lowest BCUT2D eigenvalue weighted by molar-refractivity contribution is -0.124. The summed E-state index contributed by atoms with van der Waals surface area (Å²) in [7, 11) is 0. The number of hydrogen-bond acceptors (Lipinski definition) is 2. The molecule has 1 rings (SSSR count). The maximum absolute atomic E-state index is 12.1. The van der Waals surface area contributed by atoms with E-state index >= 15 is 0 Å². The monoisotopic (exact) mass is 268 g/mol. The van der Waals surface area contributed by atoms with Crippen molar-refractivity contribution in [3.63, 3.8) is 0 Å². The zero-order valence-electron chi connectivity index (χ0n) is 13.6. The molecule has 1 fully saturated rings. The van der Waals surface area contributed by atoms with Crippen molar-refractivity contribution >= 4 is 5.91 Å². The van der Waals surface area contributed by atoms with Gasteiger partial charge in [0, 0.05) is 24.0 Å². The Morgan fingerprint density at radius 3 is 2.26 bits per heavy atom. The molecule has 0 bridgehead atoms. The molecule has 0 spiro atoms. The fourth-order valence-electron chi connectivity index (χ4n) is 2.67. The number of hydrogen-bond donors (Lipinski definition) is 2. The molecule has 0 unspecified atom stereocenters. The topological polar surface area (TPSA) is 41.1 Å². The molecular weight excluding hydrogens is 236 g/mol. The summed E-state index contributed by atoms with van der Waals surface area (Å²) in [5.74, 6) is 0.460. The van der Waals surface area contributed by atoms with Crippen molar-refractivity contribution in [2.75, 3.05) is 6.54 Å². The highest BCUT2D eigenvalue weighted by atomic mass is 16.1. The van der Waals surface area contributed by atoms with Crippen molar-refractivity contribution in [2.24, 2.45) is 11.3 Å². The van der Waals surface area contributed by atoms with Crippen LogP contribution < -0.4 is 10.6 Å². The summed E-state index contributed by atoms with van der Waals surface area (Å²) in [6.07, 6.45) is 4.16. The van der Waals surface area contributed by atoms with Crippen molar-refractivity contribution < 1.29 is 4.79 Å². The van der Waals surface area contributed by atoms with E-state index in [1.807, 2.05) is 0 Å². The quantitative estimate of drug-likeness (QED) is 0.822. The Balaban J connectivity index is 2.28. The molecular formula is C16H32N2O. The molecule has 1 aliphatic carbocycles. The number of carbonyl (C=O) groups excluding carboxylic acids is 1. The lowest BCUT2D eigenvalue weighted by Gasteiger charge is -2.26. The molecule has 1 amide bonds. The Morgan fingerprint density at radius 1 is 1.11 bits per heavy atom. The molecule has 0 aromatic heterocycles. The van der Waals surface area contributed by atoms with Crippen LogP contribution in [0.5, 0.6) is 0 Å². The molecule has 3 nitrogen and oxygen atoms in total. The van der Waals surface area contributed by atoms with E-state index in [1.54, 1.807) is 0 Å². The summed E-state index contributed by atoms with van der Waals surface area (Å²) in [5, 5.41) is 6.70. The van der Waals surface area contributed by atoms with Gasteiger partial charge in [-0.25, -0.2) is 0 Å². The van der Waals surface area contributed by atoms with Crippen LogP contribution in [0.25, 0.3) is 0 Å². The molecule has 0 aromatic rings. The first kappa shape index (κ1) is 16.5. The summed E-state index contributed by atoms with van der Waals surface area (Å²) in [4.78, 5) is 12.1. The molecule has 2 N–H and O–H groups in total. The summed E-state index contributed by atoms with van der Waals surface area (Å²) >= 11 is 0. The highest BCUT2D eigenvalue weighted by molar-refractivity contribution is 5.78. The smallest absolute Gasteiger partial charge is 0.223 e. The van der Waals surface area contributed by atoms with Crippen LogP contribution >= 0.6 is 0 Å². The van der Waals surface area contributed by atoms with Gasteiger partial charge in [-0.3, -0.25) is 4.79 Å². The van der Waals surface area contributed by atoms with E-state index in [0.29, 0.717) is 11.5 Å². The van der Waals surface area contributed by atoms with E-state index < -0.39 is 0 Å². The van der Waals surface area contributed by atoms with E-state index in [1.165, 1.54) is 0 Å². The second-order valence-corrected chi connectivity index (χ2v) is 8.20. The maximum Gasteiger partial charge on any atom is 0.223 e. The van der Waals surface area contributed by atoms with Gasteiger partial charge in [0.2, 0.25) is 5.91 Å².